The maximum absolute atomic E-state index is 12.7. The number of hydrogen-bond acceptors (Lipinski definition) is 3. The molecule has 0 bridgehead atoms. The van der Waals surface area contributed by atoms with Crippen LogP contribution in [0.4, 0.5) is 0 Å². The highest BCUT2D eigenvalue weighted by molar-refractivity contribution is 5.94. The van der Waals surface area contributed by atoms with Crippen LogP contribution in [0.15, 0.2) is 67.1 Å². The Balaban J connectivity index is 1.25. The van der Waals surface area contributed by atoms with Crippen molar-refractivity contribution in [2.24, 2.45) is 13.0 Å². The van der Waals surface area contributed by atoms with Crippen molar-refractivity contribution in [2.45, 2.75) is 19.4 Å². The fraction of sp³-hybridized carbons (Fsp3) is 0.292. The van der Waals surface area contributed by atoms with Gasteiger partial charge in [-0.05, 0) is 48.6 Å². The fourth-order valence-corrected chi connectivity index (χ4v) is 4.31. The summed E-state index contributed by atoms with van der Waals surface area (Å²) < 4.78 is 3.93. The molecule has 1 fully saturated rings. The van der Waals surface area contributed by atoms with Crippen molar-refractivity contribution in [1.29, 1.82) is 0 Å². The zero-order valence-corrected chi connectivity index (χ0v) is 17.1. The third-order valence-corrected chi connectivity index (χ3v) is 6.03. The third-order valence-electron chi connectivity index (χ3n) is 6.03. The largest absolute Gasteiger partial charge is 0.339 e. The molecule has 0 unspecified atom stereocenters. The fourth-order valence-electron chi connectivity index (χ4n) is 4.31. The van der Waals surface area contributed by atoms with Crippen molar-refractivity contribution >= 4 is 16.8 Å². The molecule has 0 spiro atoms. The predicted molar refractivity (Wildman–Crippen MR) is 117 cm³/mol. The molecule has 1 aliphatic heterocycles. The van der Waals surface area contributed by atoms with Crippen molar-refractivity contribution in [3.8, 4) is 11.1 Å². The van der Waals surface area contributed by atoms with Gasteiger partial charge < -0.3 is 4.90 Å². The van der Waals surface area contributed by atoms with Crippen LogP contribution in [-0.4, -0.2) is 43.5 Å². The molecule has 0 radical (unpaired) electrons. The van der Waals surface area contributed by atoms with E-state index in [1.54, 1.807) is 0 Å². The number of hydrogen-bond donors (Lipinski definition) is 0. The zero-order valence-electron chi connectivity index (χ0n) is 17.1. The second kappa shape index (κ2) is 7.78. The number of amides is 1. The summed E-state index contributed by atoms with van der Waals surface area (Å²) in [5, 5.41) is 10.1. The SMILES string of the molecule is Cn1cc(-c2ccc3c(cnn3CC3CCN(C(=O)c4ccccc4)CC3)c2)cn1. The zero-order chi connectivity index (χ0) is 20.5. The van der Waals surface area contributed by atoms with Gasteiger partial charge in [-0.15, -0.1) is 0 Å². The number of carbonyl (C=O) groups excluding carboxylic acids is 1. The van der Waals surface area contributed by atoms with Gasteiger partial charge in [0.05, 0.1) is 17.9 Å². The molecule has 0 N–H and O–H groups in total. The van der Waals surface area contributed by atoms with Gasteiger partial charge >= 0.3 is 0 Å². The van der Waals surface area contributed by atoms with Crippen LogP contribution in [0.1, 0.15) is 23.2 Å². The Kier molecular flexibility index (Phi) is 4.83. The molecule has 4 aromatic rings. The van der Waals surface area contributed by atoms with E-state index in [-0.39, 0.29) is 5.91 Å². The maximum atomic E-state index is 12.7. The molecule has 30 heavy (non-hydrogen) atoms. The van der Waals surface area contributed by atoms with Crippen LogP contribution in [0.3, 0.4) is 0 Å². The van der Waals surface area contributed by atoms with Crippen molar-refractivity contribution in [3.63, 3.8) is 0 Å². The molecule has 0 atom stereocenters. The highest BCUT2D eigenvalue weighted by Gasteiger charge is 2.24. The van der Waals surface area contributed by atoms with Crippen LogP contribution >= 0.6 is 0 Å². The number of piperidine rings is 1. The summed E-state index contributed by atoms with van der Waals surface area (Å²) in [6.45, 7) is 2.51. The molecule has 6 nitrogen and oxygen atoms in total. The van der Waals surface area contributed by atoms with Gasteiger partial charge in [0.1, 0.15) is 0 Å². The van der Waals surface area contributed by atoms with Gasteiger partial charge in [-0.3, -0.25) is 14.2 Å². The molecular weight excluding hydrogens is 374 g/mol. The lowest BCUT2D eigenvalue weighted by atomic mass is 9.96. The molecule has 2 aromatic carbocycles. The normalized spacial score (nSPS) is 15.0. The van der Waals surface area contributed by atoms with E-state index in [9.17, 15) is 4.79 Å². The van der Waals surface area contributed by atoms with Crippen LogP contribution < -0.4 is 0 Å². The predicted octanol–water partition coefficient (Wildman–Crippen LogP) is 3.99. The van der Waals surface area contributed by atoms with Crippen LogP contribution in [0.2, 0.25) is 0 Å². The third kappa shape index (κ3) is 3.61. The number of benzene rings is 2. The van der Waals surface area contributed by atoms with E-state index in [4.69, 9.17) is 0 Å². The van der Waals surface area contributed by atoms with Crippen molar-refractivity contribution < 1.29 is 4.79 Å². The standard InChI is InChI=1S/C24H25N5O/c1-27-17-22(15-25-27)20-7-8-23-21(13-20)14-26-29(23)16-18-9-11-28(12-10-18)24(30)19-5-3-2-4-6-19/h2-8,13-15,17-18H,9-12,16H2,1H3. The molecule has 6 heteroatoms. The molecule has 152 valence electrons. The summed E-state index contributed by atoms with van der Waals surface area (Å²) >= 11 is 0. The Bertz CT molecular complexity index is 1170. The van der Waals surface area contributed by atoms with E-state index >= 15 is 0 Å². The lowest BCUT2D eigenvalue weighted by molar-refractivity contribution is 0.0682. The van der Waals surface area contributed by atoms with Gasteiger partial charge in [0.25, 0.3) is 5.91 Å². The summed E-state index contributed by atoms with van der Waals surface area (Å²) in [6.07, 6.45) is 7.87. The number of aromatic nitrogens is 4. The van der Waals surface area contributed by atoms with Crippen LogP contribution in [-0.2, 0) is 13.6 Å². The number of carbonyl (C=O) groups is 1. The Morgan fingerprint density at radius 2 is 1.80 bits per heavy atom. The van der Waals surface area contributed by atoms with Gasteiger partial charge in [-0.25, -0.2) is 0 Å². The Hall–Kier alpha value is -3.41. The van der Waals surface area contributed by atoms with E-state index in [2.05, 4.69) is 33.1 Å². The van der Waals surface area contributed by atoms with E-state index < -0.39 is 0 Å². The van der Waals surface area contributed by atoms with E-state index in [1.165, 1.54) is 0 Å². The Morgan fingerprint density at radius 3 is 2.53 bits per heavy atom. The highest BCUT2D eigenvalue weighted by atomic mass is 16.2. The molecular formula is C24H25N5O. The minimum absolute atomic E-state index is 0.140. The summed E-state index contributed by atoms with van der Waals surface area (Å²) in [5.74, 6) is 0.674. The monoisotopic (exact) mass is 399 g/mol. The first kappa shape index (κ1) is 18.6. The second-order valence-corrected chi connectivity index (χ2v) is 8.10. The van der Waals surface area contributed by atoms with Crippen molar-refractivity contribution in [3.05, 3.63) is 72.7 Å². The molecule has 1 amide bonds. The topological polar surface area (TPSA) is 56.0 Å². The van der Waals surface area contributed by atoms with Crippen molar-refractivity contribution in [2.75, 3.05) is 13.1 Å². The summed E-state index contributed by atoms with van der Waals surface area (Å²) in [6, 6.07) is 16.0. The molecule has 0 aliphatic carbocycles. The quantitative estimate of drug-likeness (QED) is 0.521. The Morgan fingerprint density at radius 1 is 1.00 bits per heavy atom. The number of nitrogens with zero attached hydrogens (tertiary/aromatic N) is 5. The number of fused-ring (bicyclic) bond motifs is 1. The smallest absolute Gasteiger partial charge is 0.253 e. The van der Waals surface area contributed by atoms with Crippen LogP contribution in [0.5, 0.6) is 0 Å². The van der Waals surface area contributed by atoms with Gasteiger partial charge in [-0.2, -0.15) is 10.2 Å². The van der Waals surface area contributed by atoms with Crippen LogP contribution in [0, 0.1) is 5.92 Å². The number of likely N-dealkylation sites (tertiary alicyclic amines) is 1. The minimum atomic E-state index is 0.140. The maximum Gasteiger partial charge on any atom is 0.253 e. The first-order chi connectivity index (χ1) is 14.7. The summed E-state index contributed by atoms with van der Waals surface area (Å²) in [5.41, 5.74) is 4.20. The van der Waals surface area contributed by atoms with Gasteiger partial charge in [0.15, 0.2) is 0 Å². The van der Waals surface area contributed by atoms with Gasteiger partial charge in [0.2, 0.25) is 0 Å². The number of aryl methyl sites for hydroxylation is 1. The molecule has 2 aromatic heterocycles. The first-order valence-electron chi connectivity index (χ1n) is 10.5. The average Bonchev–Trinajstić information content (AvgIpc) is 3.40. The van der Waals surface area contributed by atoms with Crippen LogP contribution in [0.25, 0.3) is 22.0 Å². The first-order valence-corrected chi connectivity index (χ1v) is 10.5. The summed E-state index contributed by atoms with van der Waals surface area (Å²) in [7, 11) is 1.93. The second-order valence-electron chi connectivity index (χ2n) is 8.10. The molecule has 1 aliphatic rings. The van der Waals surface area contributed by atoms with E-state index in [1.807, 2.05) is 65.6 Å². The van der Waals surface area contributed by atoms with Gasteiger partial charge in [0, 0.05) is 49.4 Å². The lowest BCUT2D eigenvalue weighted by Crippen LogP contribution is -2.39. The Labute approximate surface area is 175 Å². The summed E-state index contributed by atoms with van der Waals surface area (Å²) in [4.78, 5) is 14.6. The van der Waals surface area contributed by atoms with Crippen molar-refractivity contribution in [1.82, 2.24) is 24.5 Å². The van der Waals surface area contributed by atoms with E-state index in [0.29, 0.717) is 5.92 Å². The van der Waals surface area contributed by atoms with E-state index in [0.717, 1.165) is 60.1 Å². The molecule has 5 rings (SSSR count). The number of rotatable bonds is 4. The molecule has 1 saturated heterocycles. The average molecular weight is 399 g/mol. The van der Waals surface area contributed by atoms with Gasteiger partial charge in [-0.1, -0.05) is 24.3 Å². The lowest BCUT2D eigenvalue weighted by Gasteiger charge is -2.32. The molecule has 3 heterocycles. The minimum Gasteiger partial charge on any atom is -0.339 e. The molecule has 0 saturated carbocycles. The highest BCUT2D eigenvalue weighted by Crippen LogP contribution is 2.26.